The lowest BCUT2D eigenvalue weighted by Crippen LogP contribution is -2.47. The van der Waals surface area contributed by atoms with Crippen LogP contribution in [0.15, 0.2) is 48.2 Å². The van der Waals surface area contributed by atoms with Crippen molar-refractivity contribution >= 4 is 5.57 Å². The molecule has 150 valence electrons. The molecule has 2 aromatic carbocycles. The van der Waals surface area contributed by atoms with Crippen molar-refractivity contribution in [1.29, 1.82) is 0 Å². The van der Waals surface area contributed by atoms with Crippen LogP contribution in [0.5, 0.6) is 0 Å². The van der Waals surface area contributed by atoms with Crippen molar-refractivity contribution in [2.75, 3.05) is 6.61 Å². The van der Waals surface area contributed by atoms with Gasteiger partial charge >= 0.3 is 0 Å². The summed E-state index contributed by atoms with van der Waals surface area (Å²) in [6.07, 6.45) is -7.11. The number of aliphatic hydroxyl groups is 6. The van der Waals surface area contributed by atoms with Gasteiger partial charge in [0.1, 0.15) is 30.2 Å². The Morgan fingerprint density at radius 1 is 0.929 bits per heavy atom. The van der Waals surface area contributed by atoms with Crippen molar-refractivity contribution in [3.63, 3.8) is 0 Å². The van der Waals surface area contributed by atoms with E-state index in [9.17, 15) is 25.5 Å². The minimum atomic E-state index is -1.86. The SMILES string of the molecule is Cc1ccc2c(c1)C(c1ccccc1C)C2=C(O)[C@H](O)[C@@H](O)[C@H](O)[C@H](O)CO. The van der Waals surface area contributed by atoms with Crippen LogP contribution in [0.4, 0.5) is 0 Å². The molecule has 0 radical (unpaired) electrons. The average Bonchev–Trinajstić information content (AvgIpc) is 2.68. The van der Waals surface area contributed by atoms with Crippen molar-refractivity contribution in [3.05, 3.63) is 76.0 Å². The molecule has 5 atom stereocenters. The van der Waals surface area contributed by atoms with Gasteiger partial charge in [0.25, 0.3) is 0 Å². The number of aliphatic hydroxyl groups excluding tert-OH is 6. The minimum Gasteiger partial charge on any atom is -0.509 e. The predicted molar refractivity (Wildman–Crippen MR) is 105 cm³/mol. The summed E-state index contributed by atoms with van der Waals surface area (Å²) in [6, 6.07) is 13.5. The molecule has 0 amide bonds. The van der Waals surface area contributed by atoms with Crippen LogP contribution in [0.3, 0.4) is 0 Å². The Hall–Kier alpha value is -2.22. The van der Waals surface area contributed by atoms with E-state index in [-0.39, 0.29) is 5.92 Å². The van der Waals surface area contributed by atoms with Crippen LogP contribution in [0.2, 0.25) is 0 Å². The van der Waals surface area contributed by atoms with E-state index in [2.05, 4.69) is 0 Å². The average molecular weight is 386 g/mol. The Morgan fingerprint density at radius 3 is 2.25 bits per heavy atom. The van der Waals surface area contributed by atoms with Crippen molar-refractivity contribution < 1.29 is 30.6 Å². The van der Waals surface area contributed by atoms with Gasteiger partial charge in [0.2, 0.25) is 0 Å². The number of hydrogen-bond acceptors (Lipinski definition) is 6. The Kier molecular flexibility index (Phi) is 5.88. The Morgan fingerprint density at radius 2 is 1.61 bits per heavy atom. The number of benzene rings is 2. The Balaban J connectivity index is 2.06. The number of fused-ring (bicyclic) bond motifs is 1. The Labute approximate surface area is 163 Å². The molecule has 0 bridgehead atoms. The lowest BCUT2D eigenvalue weighted by molar-refractivity contribution is -0.112. The summed E-state index contributed by atoms with van der Waals surface area (Å²) in [4.78, 5) is 0. The summed E-state index contributed by atoms with van der Waals surface area (Å²) >= 11 is 0. The molecule has 0 saturated carbocycles. The van der Waals surface area contributed by atoms with E-state index in [1.54, 1.807) is 0 Å². The van der Waals surface area contributed by atoms with Crippen LogP contribution >= 0.6 is 0 Å². The molecule has 0 spiro atoms. The van der Waals surface area contributed by atoms with Gasteiger partial charge in [0.15, 0.2) is 0 Å². The normalized spacial score (nSPS) is 21.9. The van der Waals surface area contributed by atoms with Gasteiger partial charge in [-0.25, -0.2) is 0 Å². The van der Waals surface area contributed by atoms with Crippen LogP contribution in [-0.2, 0) is 0 Å². The molecule has 0 aromatic heterocycles. The second-order valence-corrected chi connectivity index (χ2v) is 7.36. The van der Waals surface area contributed by atoms with Gasteiger partial charge < -0.3 is 30.6 Å². The van der Waals surface area contributed by atoms with E-state index in [0.29, 0.717) is 5.57 Å². The van der Waals surface area contributed by atoms with Gasteiger partial charge in [-0.2, -0.15) is 0 Å². The number of aryl methyl sites for hydroxylation is 2. The van der Waals surface area contributed by atoms with E-state index in [0.717, 1.165) is 27.8 Å². The van der Waals surface area contributed by atoms with Crippen LogP contribution in [0.1, 0.15) is 33.7 Å². The van der Waals surface area contributed by atoms with E-state index in [4.69, 9.17) is 5.11 Å². The topological polar surface area (TPSA) is 121 Å². The van der Waals surface area contributed by atoms with Gasteiger partial charge in [-0.3, -0.25) is 0 Å². The molecule has 0 fully saturated rings. The summed E-state index contributed by atoms with van der Waals surface area (Å²) in [7, 11) is 0. The van der Waals surface area contributed by atoms with E-state index in [1.165, 1.54) is 0 Å². The van der Waals surface area contributed by atoms with Crippen LogP contribution < -0.4 is 0 Å². The van der Waals surface area contributed by atoms with Gasteiger partial charge in [0.05, 0.1) is 6.61 Å². The van der Waals surface area contributed by atoms with E-state index >= 15 is 0 Å². The molecule has 0 aliphatic heterocycles. The van der Waals surface area contributed by atoms with Gasteiger partial charge in [-0.15, -0.1) is 0 Å². The van der Waals surface area contributed by atoms with E-state index < -0.39 is 36.8 Å². The van der Waals surface area contributed by atoms with Crippen LogP contribution in [0.25, 0.3) is 5.57 Å². The van der Waals surface area contributed by atoms with Crippen molar-refractivity contribution in [3.8, 4) is 0 Å². The highest BCUT2D eigenvalue weighted by atomic mass is 16.4. The fourth-order valence-electron chi connectivity index (χ4n) is 3.76. The molecule has 0 saturated heterocycles. The maximum Gasteiger partial charge on any atom is 0.139 e. The summed E-state index contributed by atoms with van der Waals surface area (Å²) in [5.74, 6) is -0.737. The first-order chi connectivity index (χ1) is 13.3. The zero-order valence-electron chi connectivity index (χ0n) is 15.8. The molecule has 6 N–H and O–H groups in total. The standard InChI is InChI=1S/C22H26O6/c1-11-7-8-14-15(9-11)17(13-6-4-3-5-12(13)2)18(14)20(26)22(28)21(27)19(25)16(24)10-23/h3-9,16-17,19,21-28H,10H2,1-2H3/t16-,17?,19-,21+,22+/m1/s1. The third-order valence-electron chi connectivity index (χ3n) is 5.41. The van der Waals surface area contributed by atoms with Gasteiger partial charge in [-0.05, 0) is 36.1 Å². The molecule has 3 rings (SSSR count). The third kappa shape index (κ3) is 3.45. The molecular weight excluding hydrogens is 360 g/mol. The zero-order chi connectivity index (χ0) is 20.6. The maximum atomic E-state index is 10.8. The van der Waals surface area contributed by atoms with Crippen molar-refractivity contribution in [2.24, 2.45) is 0 Å². The molecule has 1 unspecified atom stereocenters. The van der Waals surface area contributed by atoms with E-state index in [1.807, 2.05) is 56.3 Å². The van der Waals surface area contributed by atoms with Crippen molar-refractivity contribution in [2.45, 2.75) is 44.2 Å². The summed E-state index contributed by atoms with van der Waals surface area (Å²) in [5, 5.41) is 59.7. The first kappa shape index (κ1) is 20.5. The first-order valence-corrected chi connectivity index (χ1v) is 9.20. The zero-order valence-corrected chi connectivity index (χ0v) is 15.8. The van der Waals surface area contributed by atoms with Gasteiger partial charge in [0, 0.05) is 11.5 Å². The second-order valence-electron chi connectivity index (χ2n) is 7.36. The quantitative estimate of drug-likeness (QED) is 0.414. The van der Waals surface area contributed by atoms with Crippen LogP contribution in [0, 0.1) is 13.8 Å². The Bertz CT molecular complexity index is 890. The molecule has 6 nitrogen and oxygen atoms in total. The lowest BCUT2D eigenvalue weighted by atomic mass is 9.67. The largest absolute Gasteiger partial charge is 0.509 e. The molecule has 0 heterocycles. The molecule has 2 aromatic rings. The number of allylic oxidation sites excluding steroid dienone is 1. The molecule has 1 aliphatic carbocycles. The fraction of sp³-hybridized carbons (Fsp3) is 0.364. The lowest BCUT2D eigenvalue weighted by Gasteiger charge is -2.37. The highest BCUT2D eigenvalue weighted by molar-refractivity contribution is 5.89. The third-order valence-corrected chi connectivity index (χ3v) is 5.41. The maximum absolute atomic E-state index is 10.8. The first-order valence-electron chi connectivity index (χ1n) is 9.20. The molecule has 1 aliphatic rings. The second kappa shape index (κ2) is 8.03. The monoisotopic (exact) mass is 386 g/mol. The summed E-state index contributed by atoms with van der Waals surface area (Å²) in [6.45, 7) is 3.16. The van der Waals surface area contributed by atoms with Gasteiger partial charge in [-0.1, -0.05) is 48.0 Å². The van der Waals surface area contributed by atoms with Crippen LogP contribution in [-0.4, -0.2) is 61.7 Å². The highest BCUT2D eigenvalue weighted by Crippen LogP contribution is 2.52. The fourth-order valence-corrected chi connectivity index (χ4v) is 3.76. The van der Waals surface area contributed by atoms with Crippen molar-refractivity contribution in [1.82, 2.24) is 0 Å². The number of hydrogen-bond donors (Lipinski definition) is 6. The summed E-state index contributed by atoms with van der Waals surface area (Å²) < 4.78 is 0. The number of rotatable bonds is 6. The molecular formula is C22H26O6. The minimum absolute atomic E-state index is 0.280. The highest BCUT2D eigenvalue weighted by Gasteiger charge is 2.41. The smallest absolute Gasteiger partial charge is 0.139 e. The predicted octanol–water partition coefficient (Wildman–Crippen LogP) is 1.15. The molecule has 6 heteroatoms. The molecule has 28 heavy (non-hydrogen) atoms. The summed E-state index contributed by atoms with van der Waals surface area (Å²) in [5.41, 5.74) is 5.31.